The van der Waals surface area contributed by atoms with Crippen LogP contribution in [0, 0.1) is 5.82 Å². The lowest BCUT2D eigenvalue weighted by molar-refractivity contribution is -0.117. The van der Waals surface area contributed by atoms with E-state index in [0.717, 1.165) is 0 Å². The van der Waals surface area contributed by atoms with E-state index in [1.165, 1.54) is 12.1 Å². The number of carbonyl (C=O) groups excluding carboxylic acids is 1. The summed E-state index contributed by atoms with van der Waals surface area (Å²) >= 11 is 0. The molecule has 1 aromatic carbocycles. The molecule has 0 spiro atoms. The Balaban J connectivity index is 2.31. The van der Waals surface area contributed by atoms with Crippen molar-refractivity contribution in [3.8, 4) is 0 Å². The van der Waals surface area contributed by atoms with E-state index < -0.39 is 0 Å². The normalized spacial score (nSPS) is 15.5. The second-order valence-electron chi connectivity index (χ2n) is 2.72. The van der Waals surface area contributed by atoms with Crippen LogP contribution in [-0.4, -0.2) is 18.3 Å². The minimum absolute atomic E-state index is 0.131. The lowest BCUT2D eigenvalue weighted by atomic mass is 10.2. The fourth-order valence-electron chi connectivity index (χ4n) is 1.16. The maximum atomic E-state index is 12.8. The molecule has 0 aliphatic carbocycles. The molecular formula is C9H7FN2O. The number of benzene rings is 1. The van der Waals surface area contributed by atoms with Crippen molar-refractivity contribution in [3.05, 3.63) is 35.6 Å². The van der Waals surface area contributed by atoms with Gasteiger partial charge in [0.2, 0.25) is 5.91 Å². The summed E-state index contributed by atoms with van der Waals surface area (Å²) in [5.74, 6) is -0.0369. The molecule has 1 aliphatic rings. The van der Waals surface area contributed by atoms with E-state index in [2.05, 4.69) is 10.3 Å². The molecule has 1 amide bonds. The minimum atomic E-state index is -0.332. The zero-order valence-corrected chi connectivity index (χ0v) is 6.75. The van der Waals surface area contributed by atoms with Crippen molar-refractivity contribution in [1.29, 1.82) is 0 Å². The zero-order chi connectivity index (χ0) is 9.26. The van der Waals surface area contributed by atoms with Gasteiger partial charge in [0.1, 0.15) is 18.2 Å². The van der Waals surface area contributed by atoms with Crippen molar-refractivity contribution in [3.63, 3.8) is 0 Å². The summed E-state index contributed by atoms with van der Waals surface area (Å²) in [7, 11) is 0. The van der Waals surface area contributed by atoms with Gasteiger partial charge in [-0.15, -0.1) is 0 Å². The molecule has 66 valence electrons. The van der Waals surface area contributed by atoms with Gasteiger partial charge >= 0.3 is 0 Å². The molecule has 0 saturated carbocycles. The summed E-state index contributed by atoms with van der Waals surface area (Å²) in [5, 5.41) is 2.54. The van der Waals surface area contributed by atoms with Crippen LogP contribution in [0.2, 0.25) is 0 Å². The molecule has 0 fully saturated rings. The van der Waals surface area contributed by atoms with E-state index >= 15 is 0 Å². The van der Waals surface area contributed by atoms with E-state index in [9.17, 15) is 9.18 Å². The summed E-state index contributed by atoms with van der Waals surface area (Å²) in [4.78, 5) is 14.7. The zero-order valence-electron chi connectivity index (χ0n) is 6.75. The van der Waals surface area contributed by atoms with Crippen molar-refractivity contribution in [2.75, 3.05) is 6.54 Å². The minimum Gasteiger partial charge on any atom is -0.309 e. The first-order chi connectivity index (χ1) is 6.25. The third-order valence-corrected chi connectivity index (χ3v) is 1.74. The molecule has 0 aromatic heterocycles. The second kappa shape index (κ2) is 2.97. The number of aliphatic imine (C=N–C) groups is 1. The van der Waals surface area contributed by atoms with E-state index in [1.807, 2.05) is 0 Å². The van der Waals surface area contributed by atoms with E-state index in [1.54, 1.807) is 12.1 Å². The second-order valence-corrected chi connectivity index (χ2v) is 2.72. The average molecular weight is 178 g/mol. The monoisotopic (exact) mass is 178 g/mol. The highest BCUT2D eigenvalue weighted by Gasteiger charge is 2.14. The predicted octanol–water partition coefficient (Wildman–Crippen LogP) is 0.702. The van der Waals surface area contributed by atoms with Crippen LogP contribution in [0.25, 0.3) is 0 Å². The number of nitrogens with zero attached hydrogens (tertiary/aromatic N) is 1. The number of amidine groups is 1. The molecular weight excluding hydrogens is 171 g/mol. The van der Waals surface area contributed by atoms with Gasteiger partial charge in [0, 0.05) is 5.56 Å². The molecule has 1 aromatic rings. The van der Waals surface area contributed by atoms with Crippen LogP contribution in [0.5, 0.6) is 0 Å². The molecule has 1 aliphatic heterocycles. The Morgan fingerprint density at radius 2 is 2.31 bits per heavy atom. The highest BCUT2D eigenvalue weighted by atomic mass is 19.1. The number of rotatable bonds is 1. The van der Waals surface area contributed by atoms with Crippen LogP contribution in [0.3, 0.4) is 0 Å². The van der Waals surface area contributed by atoms with E-state index in [0.29, 0.717) is 11.4 Å². The van der Waals surface area contributed by atoms with Crippen molar-refractivity contribution >= 4 is 11.7 Å². The molecule has 1 N–H and O–H groups in total. The number of halogens is 1. The molecule has 0 bridgehead atoms. The highest BCUT2D eigenvalue weighted by Crippen LogP contribution is 2.05. The molecule has 0 radical (unpaired) electrons. The lowest BCUT2D eigenvalue weighted by Gasteiger charge is -1.99. The quantitative estimate of drug-likeness (QED) is 0.675. The van der Waals surface area contributed by atoms with Gasteiger partial charge in [0.15, 0.2) is 0 Å². The van der Waals surface area contributed by atoms with Crippen LogP contribution in [0.1, 0.15) is 5.56 Å². The van der Waals surface area contributed by atoms with Gasteiger partial charge in [0.25, 0.3) is 0 Å². The summed E-state index contributed by atoms with van der Waals surface area (Å²) in [5.41, 5.74) is 0.603. The molecule has 2 rings (SSSR count). The number of hydrogen-bond donors (Lipinski definition) is 1. The van der Waals surface area contributed by atoms with Gasteiger partial charge in [-0.2, -0.15) is 0 Å². The largest absolute Gasteiger partial charge is 0.309 e. The summed E-state index contributed by atoms with van der Waals surface area (Å²) in [6, 6.07) is 5.97. The summed E-state index contributed by atoms with van der Waals surface area (Å²) in [6.45, 7) is 0.131. The topological polar surface area (TPSA) is 41.5 Å². The first-order valence-electron chi connectivity index (χ1n) is 3.86. The van der Waals surface area contributed by atoms with E-state index in [-0.39, 0.29) is 18.3 Å². The van der Waals surface area contributed by atoms with Gasteiger partial charge in [-0.05, 0) is 12.1 Å². The van der Waals surface area contributed by atoms with Gasteiger partial charge in [-0.25, -0.2) is 4.39 Å². The first kappa shape index (κ1) is 7.91. The molecule has 4 heteroatoms. The number of amides is 1. The van der Waals surface area contributed by atoms with Crippen LogP contribution in [-0.2, 0) is 4.79 Å². The SMILES string of the molecule is O=C1CN=C(c2cccc(F)c2)N1. The van der Waals surface area contributed by atoms with Crippen LogP contribution in [0.15, 0.2) is 29.3 Å². The van der Waals surface area contributed by atoms with Crippen molar-refractivity contribution in [1.82, 2.24) is 5.32 Å². The van der Waals surface area contributed by atoms with Crippen LogP contribution < -0.4 is 5.32 Å². The van der Waals surface area contributed by atoms with Crippen molar-refractivity contribution in [2.45, 2.75) is 0 Å². The number of hydrogen-bond acceptors (Lipinski definition) is 2. The van der Waals surface area contributed by atoms with Crippen molar-refractivity contribution in [2.24, 2.45) is 4.99 Å². The molecule has 0 unspecified atom stereocenters. The Morgan fingerprint density at radius 3 is 2.92 bits per heavy atom. The Kier molecular flexibility index (Phi) is 1.81. The number of nitrogens with one attached hydrogen (secondary N) is 1. The van der Waals surface area contributed by atoms with E-state index in [4.69, 9.17) is 0 Å². The van der Waals surface area contributed by atoms with Gasteiger partial charge in [-0.3, -0.25) is 9.79 Å². The maximum Gasteiger partial charge on any atom is 0.247 e. The summed E-state index contributed by atoms with van der Waals surface area (Å²) < 4.78 is 12.8. The molecule has 13 heavy (non-hydrogen) atoms. The van der Waals surface area contributed by atoms with Crippen LogP contribution in [0.4, 0.5) is 4.39 Å². The summed E-state index contributed by atoms with van der Waals surface area (Å²) in [6.07, 6.45) is 0. The Labute approximate surface area is 74.3 Å². The first-order valence-corrected chi connectivity index (χ1v) is 3.86. The average Bonchev–Trinajstić information content (AvgIpc) is 2.52. The fraction of sp³-hybridized carbons (Fsp3) is 0.111. The Bertz CT molecular complexity index is 387. The highest BCUT2D eigenvalue weighted by molar-refractivity contribution is 6.12. The third kappa shape index (κ3) is 1.56. The molecule has 0 atom stereocenters. The fourth-order valence-corrected chi connectivity index (χ4v) is 1.16. The lowest BCUT2D eigenvalue weighted by Crippen LogP contribution is -2.25. The Morgan fingerprint density at radius 1 is 1.46 bits per heavy atom. The maximum absolute atomic E-state index is 12.8. The van der Waals surface area contributed by atoms with Crippen molar-refractivity contribution < 1.29 is 9.18 Å². The molecule has 0 saturated heterocycles. The van der Waals surface area contributed by atoms with Gasteiger partial charge in [-0.1, -0.05) is 12.1 Å². The standard InChI is InChI=1S/C9H7FN2O/c10-7-3-1-2-6(4-7)9-11-5-8(13)12-9/h1-4H,5H2,(H,11,12,13). The van der Waals surface area contributed by atoms with Gasteiger partial charge in [0.05, 0.1) is 0 Å². The molecule has 3 nitrogen and oxygen atoms in total. The van der Waals surface area contributed by atoms with Gasteiger partial charge < -0.3 is 5.32 Å². The smallest absolute Gasteiger partial charge is 0.247 e. The molecule has 1 heterocycles. The predicted molar refractivity (Wildman–Crippen MR) is 45.9 cm³/mol. The third-order valence-electron chi connectivity index (χ3n) is 1.74. The number of carbonyl (C=O) groups is 1. The Hall–Kier alpha value is -1.71. The van der Waals surface area contributed by atoms with Crippen LogP contribution >= 0.6 is 0 Å².